The van der Waals surface area contributed by atoms with Crippen molar-refractivity contribution in [2.75, 3.05) is 31.7 Å². The van der Waals surface area contributed by atoms with Gasteiger partial charge in [-0.15, -0.1) is 0 Å². The molecule has 0 spiro atoms. The molecule has 1 aromatic carbocycles. The number of anilines is 1. The summed E-state index contributed by atoms with van der Waals surface area (Å²) < 4.78 is 31.8. The van der Waals surface area contributed by atoms with Crippen LogP contribution in [-0.2, 0) is 4.74 Å². The summed E-state index contributed by atoms with van der Waals surface area (Å²) in [4.78, 5) is 11.8. The lowest BCUT2D eigenvalue weighted by Gasteiger charge is -2.26. The zero-order chi connectivity index (χ0) is 15.3. The smallest absolute Gasteiger partial charge is 0.319 e. The van der Waals surface area contributed by atoms with Gasteiger partial charge in [-0.3, -0.25) is 0 Å². The highest BCUT2D eigenvalue weighted by molar-refractivity contribution is 5.89. The maximum atomic E-state index is 13.4. The number of hydrogen-bond acceptors (Lipinski definition) is 3. The van der Waals surface area contributed by atoms with Gasteiger partial charge in [0.05, 0.1) is 12.3 Å². The highest BCUT2D eigenvalue weighted by atomic mass is 19.2. The Morgan fingerprint density at radius 3 is 2.90 bits per heavy atom. The molecule has 1 aliphatic heterocycles. The molecule has 2 rings (SSSR count). The topological polar surface area (TPSA) is 70.6 Å². The van der Waals surface area contributed by atoms with Gasteiger partial charge in [0.25, 0.3) is 0 Å². The Bertz CT molecular complexity index is 505. The zero-order valence-corrected chi connectivity index (χ0v) is 11.5. The Kier molecular flexibility index (Phi) is 5.08. The van der Waals surface area contributed by atoms with Crippen molar-refractivity contribution in [3.05, 3.63) is 29.8 Å². The maximum absolute atomic E-state index is 13.4. The van der Waals surface area contributed by atoms with Gasteiger partial charge in [0.1, 0.15) is 0 Å². The number of aliphatic hydroxyl groups is 1. The van der Waals surface area contributed by atoms with E-state index in [1.165, 1.54) is 12.1 Å². The second-order valence-corrected chi connectivity index (χ2v) is 5.19. The van der Waals surface area contributed by atoms with Crippen LogP contribution in [0.15, 0.2) is 18.2 Å². The largest absolute Gasteiger partial charge is 0.396 e. The van der Waals surface area contributed by atoms with Gasteiger partial charge in [-0.05, 0) is 25.0 Å². The van der Waals surface area contributed by atoms with Crippen LogP contribution in [0.25, 0.3) is 0 Å². The number of hydrogen-bond donors (Lipinski definition) is 3. The monoisotopic (exact) mass is 300 g/mol. The van der Waals surface area contributed by atoms with Crippen molar-refractivity contribution in [3.8, 4) is 0 Å². The number of carbonyl (C=O) groups excluding carboxylic acids is 1. The SMILES string of the molecule is O=C(NCC1(CCO)CCOC1)Nc1cccc(F)c1F. The van der Waals surface area contributed by atoms with Crippen molar-refractivity contribution >= 4 is 11.7 Å². The van der Waals surface area contributed by atoms with Crippen LogP contribution in [0.2, 0.25) is 0 Å². The third-order valence-corrected chi connectivity index (χ3v) is 3.65. The van der Waals surface area contributed by atoms with E-state index < -0.39 is 17.7 Å². The number of halogens is 2. The molecule has 1 unspecified atom stereocenters. The number of benzene rings is 1. The molecular weight excluding hydrogens is 282 g/mol. The Labute approximate surface area is 121 Å². The molecule has 7 heteroatoms. The first kappa shape index (κ1) is 15.7. The zero-order valence-electron chi connectivity index (χ0n) is 11.5. The molecule has 1 aliphatic rings. The van der Waals surface area contributed by atoms with Gasteiger partial charge >= 0.3 is 6.03 Å². The quantitative estimate of drug-likeness (QED) is 0.777. The molecule has 116 valence electrons. The maximum Gasteiger partial charge on any atom is 0.319 e. The molecule has 3 N–H and O–H groups in total. The minimum Gasteiger partial charge on any atom is -0.396 e. The van der Waals surface area contributed by atoms with Crippen molar-refractivity contribution in [1.82, 2.24) is 5.32 Å². The van der Waals surface area contributed by atoms with Gasteiger partial charge in [0.2, 0.25) is 0 Å². The number of amides is 2. The van der Waals surface area contributed by atoms with Gasteiger partial charge in [0, 0.05) is 25.2 Å². The molecule has 21 heavy (non-hydrogen) atoms. The highest BCUT2D eigenvalue weighted by Crippen LogP contribution is 2.31. The van der Waals surface area contributed by atoms with Crippen molar-refractivity contribution in [3.63, 3.8) is 0 Å². The predicted octanol–water partition coefficient (Wildman–Crippen LogP) is 1.88. The number of ether oxygens (including phenoxy) is 1. The van der Waals surface area contributed by atoms with Gasteiger partial charge in [-0.1, -0.05) is 6.07 Å². The molecule has 0 aliphatic carbocycles. The van der Waals surface area contributed by atoms with E-state index in [-0.39, 0.29) is 17.7 Å². The van der Waals surface area contributed by atoms with E-state index in [1.54, 1.807) is 0 Å². The summed E-state index contributed by atoms with van der Waals surface area (Å²) in [5, 5.41) is 14.0. The lowest BCUT2D eigenvalue weighted by Crippen LogP contribution is -2.40. The molecule has 1 aromatic rings. The van der Waals surface area contributed by atoms with E-state index in [2.05, 4.69) is 10.6 Å². The summed E-state index contributed by atoms with van der Waals surface area (Å²) in [6.07, 6.45) is 1.25. The summed E-state index contributed by atoms with van der Waals surface area (Å²) in [7, 11) is 0. The van der Waals surface area contributed by atoms with Crippen LogP contribution in [0.5, 0.6) is 0 Å². The van der Waals surface area contributed by atoms with Gasteiger partial charge in [-0.25, -0.2) is 13.6 Å². The number of urea groups is 1. The average Bonchev–Trinajstić information content (AvgIpc) is 2.91. The summed E-state index contributed by atoms with van der Waals surface area (Å²) in [6.45, 7) is 1.35. The Balaban J connectivity index is 1.91. The second kappa shape index (κ2) is 6.82. The standard InChI is InChI=1S/C14H18F2N2O3/c15-10-2-1-3-11(12(10)16)18-13(20)17-8-14(4-6-19)5-7-21-9-14/h1-3,19H,4-9H2,(H2,17,18,20). The van der Waals surface area contributed by atoms with Crippen LogP contribution >= 0.6 is 0 Å². The fourth-order valence-electron chi connectivity index (χ4n) is 2.35. The molecule has 0 aromatic heterocycles. The second-order valence-electron chi connectivity index (χ2n) is 5.19. The van der Waals surface area contributed by atoms with Gasteiger partial charge in [-0.2, -0.15) is 0 Å². The minimum absolute atomic E-state index is 0.00514. The Hall–Kier alpha value is -1.73. The molecule has 0 saturated carbocycles. The number of nitrogens with one attached hydrogen (secondary N) is 2. The van der Waals surface area contributed by atoms with Gasteiger partial charge in [0.15, 0.2) is 11.6 Å². The first-order valence-electron chi connectivity index (χ1n) is 6.74. The third kappa shape index (κ3) is 3.89. The van der Waals surface area contributed by atoms with Crippen LogP contribution in [0.1, 0.15) is 12.8 Å². The fraction of sp³-hybridized carbons (Fsp3) is 0.500. The van der Waals surface area contributed by atoms with Crippen molar-refractivity contribution < 1.29 is 23.4 Å². The molecule has 1 atom stereocenters. The predicted molar refractivity (Wildman–Crippen MR) is 73.0 cm³/mol. The van der Waals surface area contributed by atoms with Crippen molar-refractivity contribution in [1.29, 1.82) is 0 Å². The summed E-state index contributed by atoms with van der Waals surface area (Å²) in [6, 6.07) is 2.94. The summed E-state index contributed by atoms with van der Waals surface area (Å²) in [5.41, 5.74) is -0.515. The van der Waals surface area contributed by atoms with E-state index in [4.69, 9.17) is 9.84 Å². The minimum atomic E-state index is -1.10. The van der Waals surface area contributed by atoms with Crippen LogP contribution in [-0.4, -0.2) is 37.5 Å². The Morgan fingerprint density at radius 2 is 2.24 bits per heavy atom. The first-order valence-corrected chi connectivity index (χ1v) is 6.74. The van der Waals surface area contributed by atoms with E-state index in [0.717, 1.165) is 12.5 Å². The first-order chi connectivity index (χ1) is 10.1. The number of rotatable bonds is 5. The third-order valence-electron chi connectivity index (χ3n) is 3.65. The molecule has 1 saturated heterocycles. The molecule has 0 bridgehead atoms. The van der Waals surface area contributed by atoms with Crippen molar-refractivity contribution in [2.24, 2.45) is 5.41 Å². The summed E-state index contributed by atoms with van der Waals surface area (Å²) >= 11 is 0. The van der Waals surface area contributed by atoms with Gasteiger partial charge < -0.3 is 20.5 Å². The normalized spacial score (nSPS) is 21.3. The van der Waals surface area contributed by atoms with Crippen LogP contribution in [0.4, 0.5) is 19.3 Å². The van der Waals surface area contributed by atoms with Crippen LogP contribution in [0.3, 0.4) is 0 Å². The van der Waals surface area contributed by atoms with Crippen LogP contribution in [0, 0.1) is 17.0 Å². The van der Waals surface area contributed by atoms with Crippen molar-refractivity contribution in [2.45, 2.75) is 12.8 Å². The molecule has 0 radical (unpaired) electrons. The molecular formula is C14H18F2N2O3. The van der Waals surface area contributed by atoms with E-state index in [0.29, 0.717) is 26.2 Å². The lowest BCUT2D eigenvalue weighted by atomic mass is 9.84. The Morgan fingerprint density at radius 1 is 1.43 bits per heavy atom. The molecule has 2 amide bonds. The highest BCUT2D eigenvalue weighted by Gasteiger charge is 2.34. The lowest BCUT2D eigenvalue weighted by molar-refractivity contribution is 0.126. The molecule has 1 fully saturated rings. The molecule has 1 heterocycles. The molecule has 5 nitrogen and oxygen atoms in total. The van der Waals surface area contributed by atoms with Crippen LogP contribution < -0.4 is 10.6 Å². The average molecular weight is 300 g/mol. The fourth-order valence-corrected chi connectivity index (χ4v) is 2.35. The summed E-state index contributed by atoms with van der Waals surface area (Å²) in [5.74, 6) is -2.12. The van der Waals surface area contributed by atoms with E-state index in [9.17, 15) is 13.6 Å². The van der Waals surface area contributed by atoms with E-state index >= 15 is 0 Å². The number of aliphatic hydroxyl groups excluding tert-OH is 1. The number of carbonyl (C=O) groups is 1. The van der Waals surface area contributed by atoms with E-state index in [1.807, 2.05) is 0 Å².